The highest BCUT2D eigenvalue weighted by molar-refractivity contribution is 9.10. The van der Waals surface area contributed by atoms with Crippen LogP contribution in [0.4, 0.5) is 11.4 Å². The molecule has 0 unspecified atom stereocenters. The van der Waals surface area contributed by atoms with Crippen molar-refractivity contribution in [1.82, 2.24) is 5.32 Å². The van der Waals surface area contributed by atoms with E-state index in [1.54, 1.807) is 24.3 Å². The van der Waals surface area contributed by atoms with Gasteiger partial charge in [-0.15, -0.1) is 0 Å². The van der Waals surface area contributed by atoms with Crippen LogP contribution in [0, 0.1) is 17.8 Å². The zero-order valence-electron chi connectivity index (χ0n) is 16.0. The summed E-state index contributed by atoms with van der Waals surface area (Å²) in [4.78, 5) is 41.6. The molecule has 5 rings (SSSR count). The molecule has 2 fully saturated rings. The molecule has 0 saturated carbocycles. The van der Waals surface area contributed by atoms with Crippen LogP contribution in [0.1, 0.15) is 19.4 Å². The predicted molar refractivity (Wildman–Crippen MR) is 112 cm³/mol. The lowest BCUT2D eigenvalue weighted by Gasteiger charge is -2.30. The molecule has 0 aromatic heterocycles. The Hall–Kier alpha value is -2.51. The first kappa shape index (κ1) is 18.5. The minimum Gasteiger partial charge on any atom is -0.324 e. The molecular formula is C22H20BrN3O3. The van der Waals surface area contributed by atoms with Gasteiger partial charge in [0.15, 0.2) is 0 Å². The van der Waals surface area contributed by atoms with Gasteiger partial charge < -0.3 is 5.32 Å². The minimum absolute atomic E-state index is 0.0732. The molecule has 1 spiro atoms. The molecule has 2 aromatic carbocycles. The van der Waals surface area contributed by atoms with Crippen LogP contribution in [0.3, 0.4) is 0 Å². The van der Waals surface area contributed by atoms with Crippen LogP contribution in [-0.4, -0.2) is 23.8 Å². The second-order valence-electron chi connectivity index (χ2n) is 8.21. The monoisotopic (exact) mass is 453 g/mol. The van der Waals surface area contributed by atoms with Gasteiger partial charge in [-0.05, 0) is 36.2 Å². The molecule has 2 N–H and O–H groups in total. The van der Waals surface area contributed by atoms with Crippen LogP contribution in [0.2, 0.25) is 0 Å². The van der Waals surface area contributed by atoms with E-state index in [4.69, 9.17) is 0 Å². The standard InChI is InChI=1S/C22H20BrN3O3/c1-11(2)18-16-17(20(28)26(19(16)27)13-9-7-12(23)8-10-13)22(25-18)14-5-3-4-6-15(14)24-21(22)29/h3-11,16-18,25H,1-2H3,(H,24,29)/t16-,17-,18-,22-/m0/s1. The maximum Gasteiger partial charge on any atom is 0.250 e. The number of nitrogens with one attached hydrogen (secondary N) is 2. The molecule has 3 amide bonds. The van der Waals surface area contributed by atoms with Crippen molar-refractivity contribution in [2.24, 2.45) is 17.8 Å². The molecule has 3 aliphatic heterocycles. The molecule has 2 saturated heterocycles. The summed E-state index contributed by atoms with van der Waals surface area (Å²) >= 11 is 3.38. The number of anilines is 2. The lowest BCUT2D eigenvalue weighted by molar-refractivity contribution is -0.130. The molecule has 148 valence electrons. The van der Waals surface area contributed by atoms with Crippen molar-refractivity contribution in [3.05, 3.63) is 58.6 Å². The molecule has 29 heavy (non-hydrogen) atoms. The van der Waals surface area contributed by atoms with E-state index in [1.807, 2.05) is 38.1 Å². The van der Waals surface area contributed by atoms with Gasteiger partial charge in [-0.2, -0.15) is 0 Å². The van der Waals surface area contributed by atoms with Crippen LogP contribution in [0.25, 0.3) is 0 Å². The number of benzene rings is 2. The van der Waals surface area contributed by atoms with Crippen molar-refractivity contribution in [1.29, 1.82) is 0 Å². The third-order valence-corrected chi connectivity index (χ3v) is 6.89. The van der Waals surface area contributed by atoms with Gasteiger partial charge in [0.25, 0.3) is 0 Å². The Morgan fingerprint density at radius 1 is 1.00 bits per heavy atom. The number of carbonyl (C=O) groups is 3. The number of hydrogen-bond donors (Lipinski definition) is 2. The highest BCUT2D eigenvalue weighted by atomic mass is 79.9. The normalized spacial score (nSPS) is 30.3. The van der Waals surface area contributed by atoms with Gasteiger partial charge >= 0.3 is 0 Å². The number of halogens is 1. The second-order valence-corrected chi connectivity index (χ2v) is 9.13. The zero-order valence-corrected chi connectivity index (χ0v) is 17.6. The fourth-order valence-corrected chi connectivity index (χ4v) is 5.37. The topological polar surface area (TPSA) is 78.5 Å². The SMILES string of the molecule is CC(C)[C@@H]1N[C@]2(C(=O)Nc3ccccc32)[C@@H]2C(=O)N(c3ccc(Br)cc3)C(=O)[C@@H]21. The number of nitrogens with zero attached hydrogens (tertiary/aromatic N) is 1. The van der Waals surface area contributed by atoms with Gasteiger partial charge in [0.2, 0.25) is 17.7 Å². The summed E-state index contributed by atoms with van der Waals surface area (Å²) in [6, 6.07) is 14.2. The first-order chi connectivity index (χ1) is 13.9. The summed E-state index contributed by atoms with van der Waals surface area (Å²) in [6.07, 6.45) is 0. The van der Waals surface area contributed by atoms with Crippen molar-refractivity contribution < 1.29 is 14.4 Å². The maximum absolute atomic E-state index is 13.6. The lowest BCUT2D eigenvalue weighted by Crippen LogP contribution is -2.54. The van der Waals surface area contributed by atoms with Gasteiger partial charge in [-0.25, -0.2) is 4.90 Å². The van der Waals surface area contributed by atoms with Crippen LogP contribution in [0.5, 0.6) is 0 Å². The maximum atomic E-state index is 13.6. The van der Waals surface area contributed by atoms with Crippen LogP contribution >= 0.6 is 15.9 Å². The molecule has 0 bridgehead atoms. The third-order valence-electron chi connectivity index (χ3n) is 6.36. The minimum atomic E-state index is -1.23. The number of amides is 3. The van der Waals surface area contributed by atoms with E-state index in [-0.39, 0.29) is 29.7 Å². The summed E-state index contributed by atoms with van der Waals surface area (Å²) in [5.74, 6) is -2.15. The Morgan fingerprint density at radius 2 is 1.69 bits per heavy atom. The largest absolute Gasteiger partial charge is 0.324 e. The van der Waals surface area contributed by atoms with Crippen molar-refractivity contribution in [3.8, 4) is 0 Å². The average molecular weight is 454 g/mol. The Balaban J connectivity index is 1.68. The van der Waals surface area contributed by atoms with Crippen molar-refractivity contribution in [2.45, 2.75) is 25.4 Å². The predicted octanol–water partition coefficient (Wildman–Crippen LogP) is 3.03. The summed E-state index contributed by atoms with van der Waals surface area (Å²) in [7, 11) is 0. The van der Waals surface area contributed by atoms with E-state index < -0.39 is 17.4 Å². The van der Waals surface area contributed by atoms with E-state index in [0.29, 0.717) is 11.4 Å². The van der Waals surface area contributed by atoms with Gasteiger partial charge in [0.05, 0.1) is 17.5 Å². The van der Waals surface area contributed by atoms with Gasteiger partial charge in [-0.1, -0.05) is 48.0 Å². The molecular weight excluding hydrogens is 434 g/mol. The smallest absolute Gasteiger partial charge is 0.250 e. The molecule has 6 nitrogen and oxygen atoms in total. The quantitative estimate of drug-likeness (QED) is 0.684. The zero-order chi connectivity index (χ0) is 20.5. The Kier molecular flexibility index (Phi) is 3.98. The highest BCUT2D eigenvalue weighted by Crippen LogP contribution is 2.54. The summed E-state index contributed by atoms with van der Waals surface area (Å²) in [5, 5.41) is 6.34. The third kappa shape index (κ3) is 2.34. The number of fused-ring (bicyclic) bond motifs is 4. The summed E-state index contributed by atoms with van der Waals surface area (Å²) in [6.45, 7) is 4.01. The highest BCUT2D eigenvalue weighted by Gasteiger charge is 2.70. The van der Waals surface area contributed by atoms with Crippen molar-refractivity contribution in [2.75, 3.05) is 10.2 Å². The summed E-state index contributed by atoms with van der Waals surface area (Å²) in [5.41, 5.74) is 0.729. The van der Waals surface area contributed by atoms with Gasteiger partial charge in [0, 0.05) is 21.8 Å². The second kappa shape index (κ2) is 6.24. The van der Waals surface area contributed by atoms with Crippen LogP contribution in [-0.2, 0) is 19.9 Å². The molecule has 0 radical (unpaired) electrons. The molecule has 7 heteroatoms. The van der Waals surface area contributed by atoms with Gasteiger partial charge in [0.1, 0.15) is 5.54 Å². The molecule has 2 aromatic rings. The fraction of sp³-hybridized carbons (Fsp3) is 0.318. The molecule has 3 aliphatic rings. The average Bonchev–Trinajstić information content (AvgIpc) is 3.28. The number of para-hydroxylation sites is 1. The number of hydrogen-bond acceptors (Lipinski definition) is 4. The van der Waals surface area contributed by atoms with E-state index >= 15 is 0 Å². The van der Waals surface area contributed by atoms with Gasteiger partial charge in [-0.3, -0.25) is 19.7 Å². The number of imide groups is 1. The Labute approximate surface area is 176 Å². The first-order valence-electron chi connectivity index (χ1n) is 9.68. The van der Waals surface area contributed by atoms with Crippen LogP contribution in [0.15, 0.2) is 53.0 Å². The number of carbonyl (C=O) groups excluding carboxylic acids is 3. The van der Waals surface area contributed by atoms with E-state index in [9.17, 15) is 14.4 Å². The molecule has 4 atom stereocenters. The van der Waals surface area contributed by atoms with E-state index in [1.165, 1.54) is 4.90 Å². The fourth-order valence-electron chi connectivity index (χ4n) is 5.11. The first-order valence-corrected chi connectivity index (χ1v) is 10.5. The summed E-state index contributed by atoms with van der Waals surface area (Å²) < 4.78 is 0.864. The Morgan fingerprint density at radius 3 is 2.38 bits per heavy atom. The van der Waals surface area contributed by atoms with Crippen molar-refractivity contribution >= 4 is 45.0 Å². The molecule has 3 heterocycles. The van der Waals surface area contributed by atoms with Crippen LogP contribution < -0.4 is 15.5 Å². The number of rotatable bonds is 2. The van der Waals surface area contributed by atoms with Crippen molar-refractivity contribution in [3.63, 3.8) is 0 Å². The van der Waals surface area contributed by atoms with E-state index in [0.717, 1.165) is 10.0 Å². The van der Waals surface area contributed by atoms with E-state index in [2.05, 4.69) is 26.6 Å². The Bertz CT molecular complexity index is 1050. The lowest BCUT2D eigenvalue weighted by atomic mass is 9.76. The molecule has 0 aliphatic carbocycles.